The SMILES string of the molecule is O=C(CSc1ccc(F)cc1)NNC(=O)C[C@H]1CCS(=O)(=O)C1. The number of benzene rings is 1. The van der Waals surface area contributed by atoms with Crippen molar-refractivity contribution in [2.45, 2.75) is 17.7 Å². The van der Waals surface area contributed by atoms with Gasteiger partial charge in [0.25, 0.3) is 0 Å². The molecule has 9 heteroatoms. The Kier molecular flexibility index (Phi) is 6.00. The topological polar surface area (TPSA) is 92.3 Å². The van der Waals surface area contributed by atoms with Gasteiger partial charge in [-0.15, -0.1) is 11.8 Å². The fourth-order valence-electron chi connectivity index (χ4n) is 2.20. The summed E-state index contributed by atoms with van der Waals surface area (Å²) in [4.78, 5) is 24.0. The van der Waals surface area contributed by atoms with E-state index in [4.69, 9.17) is 0 Å². The van der Waals surface area contributed by atoms with Crippen molar-refractivity contribution in [3.05, 3.63) is 30.1 Å². The lowest BCUT2D eigenvalue weighted by atomic mass is 10.1. The maximum atomic E-state index is 12.7. The standard InChI is InChI=1S/C14H17FN2O4S2/c15-11-1-3-12(4-2-11)22-8-14(19)17-16-13(18)7-10-5-6-23(20,21)9-10/h1-4,10H,5-9H2,(H,16,18)(H,17,19)/t10-/m1/s1. The average molecular weight is 360 g/mol. The average Bonchev–Trinajstić information content (AvgIpc) is 2.83. The number of hydrogen-bond donors (Lipinski definition) is 2. The van der Waals surface area contributed by atoms with Crippen LogP contribution in [0.15, 0.2) is 29.2 Å². The summed E-state index contributed by atoms with van der Waals surface area (Å²) in [5.41, 5.74) is 4.55. The Morgan fingerprint density at radius 3 is 2.43 bits per heavy atom. The summed E-state index contributed by atoms with van der Waals surface area (Å²) in [6, 6.07) is 5.73. The minimum Gasteiger partial charge on any atom is -0.273 e. The van der Waals surface area contributed by atoms with Crippen LogP contribution in [0.5, 0.6) is 0 Å². The molecule has 1 heterocycles. The van der Waals surface area contributed by atoms with Gasteiger partial charge in [0.2, 0.25) is 11.8 Å². The Balaban J connectivity index is 1.66. The highest BCUT2D eigenvalue weighted by Gasteiger charge is 2.29. The highest BCUT2D eigenvalue weighted by Crippen LogP contribution is 2.21. The van der Waals surface area contributed by atoms with Gasteiger partial charge < -0.3 is 0 Å². The van der Waals surface area contributed by atoms with Crippen LogP contribution in [0.1, 0.15) is 12.8 Å². The van der Waals surface area contributed by atoms with Crippen LogP contribution in [0.4, 0.5) is 4.39 Å². The zero-order valence-corrected chi connectivity index (χ0v) is 13.9. The first-order chi connectivity index (χ1) is 10.8. The number of thioether (sulfide) groups is 1. The minimum atomic E-state index is -3.01. The third kappa shape index (κ3) is 6.19. The van der Waals surface area contributed by atoms with E-state index in [9.17, 15) is 22.4 Å². The minimum absolute atomic E-state index is 0.0226. The van der Waals surface area contributed by atoms with Crippen molar-refractivity contribution in [2.24, 2.45) is 5.92 Å². The molecule has 0 bridgehead atoms. The van der Waals surface area contributed by atoms with E-state index >= 15 is 0 Å². The van der Waals surface area contributed by atoms with Crippen LogP contribution in [0.3, 0.4) is 0 Å². The van der Waals surface area contributed by atoms with Crippen LogP contribution in [-0.2, 0) is 19.4 Å². The van der Waals surface area contributed by atoms with Crippen LogP contribution >= 0.6 is 11.8 Å². The Bertz CT molecular complexity index is 677. The zero-order valence-electron chi connectivity index (χ0n) is 12.2. The second-order valence-electron chi connectivity index (χ2n) is 5.31. The predicted molar refractivity (Wildman–Crippen MR) is 84.8 cm³/mol. The lowest BCUT2D eigenvalue weighted by Gasteiger charge is -2.10. The number of hydrazine groups is 1. The Labute approximate surface area is 138 Å². The monoisotopic (exact) mass is 360 g/mol. The molecule has 0 spiro atoms. The summed E-state index contributed by atoms with van der Waals surface area (Å²) < 4.78 is 35.3. The van der Waals surface area contributed by atoms with Gasteiger partial charge >= 0.3 is 0 Å². The number of hydrogen-bond acceptors (Lipinski definition) is 5. The van der Waals surface area contributed by atoms with Gasteiger partial charge in [-0.2, -0.15) is 0 Å². The molecule has 0 saturated carbocycles. The highest BCUT2D eigenvalue weighted by atomic mass is 32.2. The fourth-order valence-corrected chi connectivity index (χ4v) is 4.76. The van der Waals surface area contributed by atoms with E-state index in [1.54, 1.807) is 12.1 Å². The molecule has 1 atom stereocenters. The number of halogens is 1. The number of rotatable bonds is 5. The molecule has 1 saturated heterocycles. The molecule has 0 radical (unpaired) electrons. The van der Waals surface area contributed by atoms with E-state index in [0.29, 0.717) is 6.42 Å². The van der Waals surface area contributed by atoms with Crippen LogP contribution in [0.25, 0.3) is 0 Å². The van der Waals surface area contributed by atoms with Gasteiger partial charge in [0.1, 0.15) is 5.82 Å². The summed E-state index contributed by atoms with van der Waals surface area (Å²) in [6.45, 7) is 0. The molecule has 1 aliphatic heterocycles. The second-order valence-corrected chi connectivity index (χ2v) is 8.59. The van der Waals surface area contributed by atoms with Gasteiger partial charge in [0, 0.05) is 11.3 Å². The van der Waals surface area contributed by atoms with Crippen LogP contribution in [0, 0.1) is 11.7 Å². The maximum Gasteiger partial charge on any atom is 0.248 e. The van der Waals surface area contributed by atoms with E-state index < -0.39 is 21.7 Å². The van der Waals surface area contributed by atoms with E-state index in [-0.39, 0.29) is 35.4 Å². The van der Waals surface area contributed by atoms with Crippen molar-refractivity contribution in [1.82, 2.24) is 10.9 Å². The van der Waals surface area contributed by atoms with Gasteiger partial charge in [-0.3, -0.25) is 20.4 Å². The molecule has 1 fully saturated rings. The zero-order chi connectivity index (χ0) is 16.9. The Morgan fingerprint density at radius 1 is 1.17 bits per heavy atom. The molecule has 1 aromatic carbocycles. The summed E-state index contributed by atoms with van der Waals surface area (Å²) >= 11 is 1.21. The smallest absolute Gasteiger partial charge is 0.248 e. The molecule has 0 unspecified atom stereocenters. The molecular formula is C14H17FN2O4S2. The molecule has 1 aliphatic rings. The summed E-state index contributed by atoms with van der Waals surface area (Å²) in [7, 11) is -3.01. The van der Waals surface area contributed by atoms with Crippen molar-refractivity contribution in [3.8, 4) is 0 Å². The maximum absolute atomic E-state index is 12.7. The van der Waals surface area contributed by atoms with Crippen molar-refractivity contribution >= 4 is 33.4 Å². The van der Waals surface area contributed by atoms with Gasteiger partial charge in [0.15, 0.2) is 9.84 Å². The molecule has 6 nitrogen and oxygen atoms in total. The fraction of sp³-hybridized carbons (Fsp3) is 0.429. The molecule has 2 amide bonds. The highest BCUT2D eigenvalue weighted by molar-refractivity contribution is 8.00. The van der Waals surface area contributed by atoms with E-state index in [2.05, 4.69) is 10.9 Å². The Hall–Kier alpha value is -1.61. The van der Waals surface area contributed by atoms with Gasteiger partial charge in [0.05, 0.1) is 17.3 Å². The molecule has 2 N–H and O–H groups in total. The molecule has 0 aromatic heterocycles. The third-order valence-corrected chi connectivity index (χ3v) is 6.17. The van der Waals surface area contributed by atoms with Crippen LogP contribution in [0.2, 0.25) is 0 Å². The number of amides is 2. The van der Waals surface area contributed by atoms with E-state index in [0.717, 1.165) is 4.90 Å². The normalized spacial score (nSPS) is 19.3. The number of carbonyl (C=O) groups is 2. The van der Waals surface area contributed by atoms with Crippen molar-refractivity contribution in [2.75, 3.05) is 17.3 Å². The summed E-state index contributed by atoms with van der Waals surface area (Å²) in [6.07, 6.45) is 0.550. The summed E-state index contributed by atoms with van der Waals surface area (Å²) in [5.74, 6) is -1.13. The Morgan fingerprint density at radius 2 is 1.83 bits per heavy atom. The number of sulfone groups is 1. The first-order valence-corrected chi connectivity index (χ1v) is 9.81. The van der Waals surface area contributed by atoms with Crippen molar-refractivity contribution in [3.63, 3.8) is 0 Å². The summed E-state index contributed by atoms with van der Waals surface area (Å²) in [5, 5.41) is 0. The number of nitrogens with one attached hydrogen (secondary N) is 2. The molecular weight excluding hydrogens is 343 g/mol. The van der Waals surface area contributed by atoms with Gasteiger partial charge in [-0.05, 0) is 36.6 Å². The predicted octanol–water partition coefficient (Wildman–Crippen LogP) is 0.890. The molecule has 23 heavy (non-hydrogen) atoms. The first kappa shape index (κ1) is 17.7. The van der Waals surface area contributed by atoms with Crippen molar-refractivity contribution < 1.29 is 22.4 Å². The molecule has 1 aromatic rings. The van der Waals surface area contributed by atoms with Crippen molar-refractivity contribution in [1.29, 1.82) is 0 Å². The lowest BCUT2D eigenvalue weighted by molar-refractivity contribution is -0.128. The van der Waals surface area contributed by atoms with Gasteiger partial charge in [-0.1, -0.05) is 0 Å². The molecule has 126 valence electrons. The lowest BCUT2D eigenvalue weighted by Crippen LogP contribution is -2.43. The van der Waals surface area contributed by atoms with E-state index in [1.807, 2.05) is 0 Å². The largest absolute Gasteiger partial charge is 0.273 e. The third-order valence-electron chi connectivity index (χ3n) is 3.33. The quantitative estimate of drug-likeness (QED) is 0.601. The van der Waals surface area contributed by atoms with Crippen LogP contribution < -0.4 is 10.9 Å². The molecule has 0 aliphatic carbocycles. The first-order valence-electron chi connectivity index (χ1n) is 7.00. The molecule has 2 rings (SSSR count). The van der Waals surface area contributed by atoms with Crippen LogP contribution in [-0.4, -0.2) is 37.5 Å². The number of carbonyl (C=O) groups excluding carboxylic acids is 2. The van der Waals surface area contributed by atoms with E-state index in [1.165, 1.54) is 23.9 Å². The van der Waals surface area contributed by atoms with Gasteiger partial charge in [-0.25, -0.2) is 12.8 Å². The second kappa shape index (κ2) is 7.78.